The fourth-order valence-electron chi connectivity index (χ4n) is 1.87. The first-order valence-corrected chi connectivity index (χ1v) is 5.92. The van der Waals surface area contributed by atoms with Gasteiger partial charge in [0.2, 0.25) is 0 Å². The molecule has 0 aliphatic carbocycles. The molecule has 0 saturated heterocycles. The molecule has 0 fully saturated rings. The molecule has 96 valence electrons. The van der Waals surface area contributed by atoms with Gasteiger partial charge in [-0.25, -0.2) is 4.68 Å². The van der Waals surface area contributed by atoms with Gasteiger partial charge in [-0.2, -0.15) is 5.10 Å². The Bertz CT molecular complexity index is 715. The van der Waals surface area contributed by atoms with E-state index in [1.165, 1.54) is 0 Å². The van der Waals surface area contributed by atoms with Gasteiger partial charge >= 0.3 is 0 Å². The van der Waals surface area contributed by atoms with Crippen molar-refractivity contribution in [3.05, 3.63) is 36.0 Å². The van der Waals surface area contributed by atoms with Crippen molar-refractivity contribution in [1.82, 2.24) is 25.2 Å². The minimum Gasteiger partial charge on any atom is -0.307 e. The molecule has 2 N–H and O–H groups in total. The van der Waals surface area contributed by atoms with Crippen molar-refractivity contribution >= 4 is 22.8 Å². The lowest BCUT2D eigenvalue weighted by Crippen LogP contribution is -2.12. The van der Waals surface area contributed by atoms with E-state index in [9.17, 15) is 4.79 Å². The van der Waals surface area contributed by atoms with Gasteiger partial charge in [0, 0.05) is 18.2 Å². The number of nitrogens with one attached hydrogen (secondary N) is 2. The molecule has 2 aromatic heterocycles. The third-order valence-electron chi connectivity index (χ3n) is 2.82. The maximum absolute atomic E-state index is 12.0. The van der Waals surface area contributed by atoms with Crippen LogP contribution in [0.3, 0.4) is 0 Å². The number of fused-ring (bicyclic) bond motifs is 1. The molecular formula is C12H12N6O. The molecule has 0 spiro atoms. The molecule has 0 radical (unpaired) electrons. The molecule has 0 bridgehead atoms. The molecule has 1 aromatic carbocycles. The van der Waals surface area contributed by atoms with Gasteiger partial charge in [0.15, 0.2) is 0 Å². The van der Waals surface area contributed by atoms with Gasteiger partial charge in [0.25, 0.3) is 5.91 Å². The number of hydrogen-bond donors (Lipinski definition) is 2. The maximum atomic E-state index is 12.0. The number of rotatable bonds is 3. The number of aromatic nitrogens is 5. The van der Waals surface area contributed by atoms with Crippen molar-refractivity contribution in [3.8, 4) is 0 Å². The third-order valence-corrected chi connectivity index (χ3v) is 2.82. The zero-order chi connectivity index (χ0) is 13.2. The number of nitrogens with zero attached hydrogens (tertiary/aromatic N) is 4. The number of aryl methyl sites for hydroxylation is 1. The molecule has 0 aliphatic rings. The van der Waals surface area contributed by atoms with Gasteiger partial charge in [-0.05, 0) is 25.1 Å². The maximum Gasteiger partial charge on any atom is 0.256 e. The summed E-state index contributed by atoms with van der Waals surface area (Å²) in [5.74, 6) is 0.347. The van der Waals surface area contributed by atoms with Gasteiger partial charge in [-0.15, -0.1) is 5.10 Å². The largest absolute Gasteiger partial charge is 0.307 e. The Balaban J connectivity index is 1.90. The smallest absolute Gasteiger partial charge is 0.256 e. The van der Waals surface area contributed by atoms with E-state index in [4.69, 9.17) is 0 Å². The summed E-state index contributed by atoms with van der Waals surface area (Å²) >= 11 is 0. The molecule has 7 heteroatoms. The van der Waals surface area contributed by atoms with E-state index in [1.807, 2.05) is 13.0 Å². The number of H-pyrrole nitrogens is 1. The standard InChI is InChI=1S/C12H12N6O/c1-2-18-10-4-3-8(7-9(10)15-17-18)12(19)14-11-5-6-13-16-11/h3-7H,2H2,1H3,(H2,13,14,16,19). The lowest BCUT2D eigenvalue weighted by atomic mass is 10.2. The fraction of sp³-hybridized carbons (Fsp3) is 0.167. The molecule has 1 amide bonds. The molecule has 19 heavy (non-hydrogen) atoms. The van der Waals surface area contributed by atoms with E-state index in [2.05, 4.69) is 25.8 Å². The summed E-state index contributed by atoms with van der Waals surface area (Å²) in [5, 5.41) is 17.2. The van der Waals surface area contributed by atoms with E-state index >= 15 is 0 Å². The first-order chi connectivity index (χ1) is 9.28. The second-order valence-electron chi connectivity index (χ2n) is 4.03. The highest BCUT2D eigenvalue weighted by atomic mass is 16.1. The average molecular weight is 256 g/mol. The molecule has 0 aliphatic heterocycles. The topological polar surface area (TPSA) is 88.5 Å². The number of hydrogen-bond acceptors (Lipinski definition) is 4. The van der Waals surface area contributed by atoms with E-state index in [1.54, 1.807) is 29.1 Å². The van der Waals surface area contributed by atoms with Gasteiger partial charge in [-0.3, -0.25) is 9.89 Å². The van der Waals surface area contributed by atoms with Crippen LogP contribution in [0.2, 0.25) is 0 Å². The summed E-state index contributed by atoms with van der Waals surface area (Å²) in [6.45, 7) is 2.74. The van der Waals surface area contributed by atoms with Gasteiger partial charge < -0.3 is 5.32 Å². The van der Waals surface area contributed by atoms with Crippen LogP contribution in [-0.4, -0.2) is 31.1 Å². The molecule has 3 aromatic rings. The summed E-state index contributed by atoms with van der Waals surface area (Å²) in [4.78, 5) is 12.0. The number of benzene rings is 1. The van der Waals surface area contributed by atoms with Crippen molar-refractivity contribution in [1.29, 1.82) is 0 Å². The lowest BCUT2D eigenvalue weighted by molar-refractivity contribution is 0.102. The van der Waals surface area contributed by atoms with Crippen molar-refractivity contribution in [3.63, 3.8) is 0 Å². The Morgan fingerprint density at radius 2 is 2.32 bits per heavy atom. The monoisotopic (exact) mass is 256 g/mol. The van der Waals surface area contributed by atoms with Crippen LogP contribution >= 0.6 is 0 Å². The first-order valence-electron chi connectivity index (χ1n) is 5.92. The van der Waals surface area contributed by atoms with Crippen LogP contribution in [0.1, 0.15) is 17.3 Å². The highest BCUT2D eigenvalue weighted by Gasteiger charge is 2.10. The quantitative estimate of drug-likeness (QED) is 0.741. The predicted octanol–water partition coefficient (Wildman–Crippen LogP) is 1.43. The Morgan fingerprint density at radius 1 is 1.42 bits per heavy atom. The van der Waals surface area contributed by atoms with E-state index in [-0.39, 0.29) is 5.91 Å². The molecule has 3 rings (SSSR count). The van der Waals surface area contributed by atoms with Crippen LogP contribution in [-0.2, 0) is 6.54 Å². The zero-order valence-electron chi connectivity index (χ0n) is 10.3. The molecule has 2 heterocycles. The van der Waals surface area contributed by atoms with Crippen molar-refractivity contribution in [2.75, 3.05) is 5.32 Å². The first kappa shape index (κ1) is 11.4. The Kier molecular flexibility index (Phi) is 2.71. The summed E-state index contributed by atoms with van der Waals surface area (Å²) in [6, 6.07) is 7.01. The number of amides is 1. The second kappa shape index (κ2) is 4.52. The fourth-order valence-corrected chi connectivity index (χ4v) is 1.87. The highest BCUT2D eigenvalue weighted by Crippen LogP contribution is 2.14. The van der Waals surface area contributed by atoms with Crippen molar-refractivity contribution < 1.29 is 4.79 Å². The van der Waals surface area contributed by atoms with Crippen LogP contribution in [0.15, 0.2) is 30.5 Å². The minimum absolute atomic E-state index is 0.211. The third kappa shape index (κ3) is 2.05. The Hall–Kier alpha value is -2.70. The summed E-state index contributed by atoms with van der Waals surface area (Å²) in [6.07, 6.45) is 1.58. The molecule has 0 unspecified atom stereocenters. The average Bonchev–Trinajstić information content (AvgIpc) is 3.06. The van der Waals surface area contributed by atoms with Crippen LogP contribution < -0.4 is 5.32 Å². The van der Waals surface area contributed by atoms with Crippen LogP contribution in [0.4, 0.5) is 5.82 Å². The Labute approximate surface area is 108 Å². The summed E-state index contributed by atoms with van der Waals surface area (Å²) in [7, 11) is 0. The zero-order valence-corrected chi connectivity index (χ0v) is 10.3. The number of carbonyl (C=O) groups is 1. The molecule has 0 atom stereocenters. The lowest BCUT2D eigenvalue weighted by Gasteiger charge is -2.02. The Morgan fingerprint density at radius 3 is 3.05 bits per heavy atom. The van der Waals surface area contributed by atoms with E-state index in [0.717, 1.165) is 12.1 Å². The van der Waals surface area contributed by atoms with Crippen LogP contribution in [0.5, 0.6) is 0 Å². The van der Waals surface area contributed by atoms with Gasteiger partial charge in [-0.1, -0.05) is 5.21 Å². The van der Waals surface area contributed by atoms with Crippen LogP contribution in [0.25, 0.3) is 11.0 Å². The highest BCUT2D eigenvalue weighted by molar-refractivity contribution is 6.05. The van der Waals surface area contributed by atoms with Crippen LogP contribution in [0, 0.1) is 0 Å². The van der Waals surface area contributed by atoms with Crippen molar-refractivity contribution in [2.45, 2.75) is 13.5 Å². The molecular weight excluding hydrogens is 244 g/mol. The molecule has 7 nitrogen and oxygen atoms in total. The van der Waals surface area contributed by atoms with Gasteiger partial charge in [0.05, 0.1) is 11.7 Å². The predicted molar refractivity (Wildman–Crippen MR) is 69.7 cm³/mol. The summed E-state index contributed by atoms with van der Waals surface area (Å²) < 4.78 is 1.78. The minimum atomic E-state index is -0.211. The number of carbonyl (C=O) groups excluding carboxylic acids is 1. The number of anilines is 1. The summed E-state index contributed by atoms with van der Waals surface area (Å²) in [5.41, 5.74) is 2.16. The normalized spacial score (nSPS) is 10.8. The van der Waals surface area contributed by atoms with Crippen molar-refractivity contribution in [2.24, 2.45) is 0 Å². The SMILES string of the molecule is CCn1nnc2cc(C(=O)Nc3ccn[nH]3)ccc21. The second-order valence-corrected chi connectivity index (χ2v) is 4.03. The van der Waals surface area contributed by atoms with Gasteiger partial charge in [0.1, 0.15) is 11.3 Å². The number of aromatic amines is 1. The van der Waals surface area contributed by atoms with E-state index in [0.29, 0.717) is 16.9 Å². The molecule has 0 saturated carbocycles. The van der Waals surface area contributed by atoms with E-state index < -0.39 is 0 Å².